The van der Waals surface area contributed by atoms with Crippen LogP contribution in [0.25, 0.3) is 161 Å². The molecule has 3 aromatic heterocycles. The standard InChI is InChI=1S/C67H50N2S.C58H42N2S/c1-4-63-60(39-26-46-24-27-52(28-25-46)66-43-42-65(70-66)51-20-12-7-13-21-51)59-22-14-15-23-64(59)69(63)56-38-41-58-57-40-37-55(44-61(57)67(2,3)62(58)45-56)68(53-33-29-49(30-34-53)47-16-8-5-9-17-47)54-35-31-50(32-36-54)48-18-10-6-11-19-48;61-58(48-18-8-3-9-19-48)22-12-13-42-23-25-47(26-24-42)49-31-40-57-55(41-49)54-20-10-11-21-56(54)60(57)53-38-36-52(37-39-53)59(50-32-27-45(28-33-50)43-14-4-1-5-15-43)51-34-29-46(30-35-51)44-16-6-2-7-17-44/h4-45H,1H2,2-3H3;1-41,61H/b39-26+;13-12+,58-22-. The van der Waals surface area contributed by atoms with Crippen LogP contribution in [0.3, 0.4) is 0 Å². The van der Waals surface area contributed by atoms with Gasteiger partial charge in [0.25, 0.3) is 0 Å². The van der Waals surface area contributed by atoms with Gasteiger partial charge in [-0.1, -0.05) is 378 Å². The highest BCUT2D eigenvalue weighted by atomic mass is 32.1. The first-order valence-corrected chi connectivity index (χ1v) is 45.9. The normalized spacial score (nSPS) is 12.2. The van der Waals surface area contributed by atoms with E-state index in [1.165, 1.54) is 126 Å². The fourth-order valence-corrected chi connectivity index (χ4v) is 19.9. The summed E-state index contributed by atoms with van der Waals surface area (Å²) in [5.74, 6) is 0. The molecule has 131 heavy (non-hydrogen) atoms. The van der Waals surface area contributed by atoms with E-state index in [0.717, 1.165) is 83.9 Å². The lowest BCUT2D eigenvalue weighted by Gasteiger charge is -2.28. The van der Waals surface area contributed by atoms with Crippen LogP contribution in [0.2, 0.25) is 0 Å². The SMILES string of the molecule is C=Cc1c(/C=C/c2ccc(-c3ccc(-c4ccccc4)s3)cc2)c2ccccc2n1-c1ccc2c(c1)C(C)(C)c1cc(N(c3ccc(-c4ccccc4)cc3)c3ccc(-c4ccccc4)cc3)ccc1-2.S/C(=C\C=C\c1ccc(-c2ccc3c(c2)c2ccccc2n3-c2ccc(N(c3ccc(-c4ccccc4)cc3)c3ccc(-c4ccccc4)cc3)cc2)cc1)c1ccccc1. The van der Waals surface area contributed by atoms with Crippen molar-refractivity contribution in [2.24, 2.45) is 0 Å². The summed E-state index contributed by atoms with van der Waals surface area (Å²) in [6, 6.07) is 168. The van der Waals surface area contributed by atoms with Crippen LogP contribution >= 0.6 is 24.0 Å². The molecule has 0 bridgehead atoms. The molecule has 22 rings (SSSR count). The smallest absolute Gasteiger partial charge is 0.0541 e. The molecule has 18 aromatic carbocycles. The van der Waals surface area contributed by atoms with Crippen LogP contribution in [0.4, 0.5) is 34.1 Å². The van der Waals surface area contributed by atoms with Gasteiger partial charge in [-0.05, 0) is 251 Å². The van der Waals surface area contributed by atoms with Gasteiger partial charge in [0, 0.05) is 87.3 Å². The van der Waals surface area contributed by atoms with E-state index in [0.29, 0.717) is 0 Å². The third-order valence-corrected chi connectivity index (χ3v) is 27.0. The van der Waals surface area contributed by atoms with Gasteiger partial charge >= 0.3 is 0 Å². The van der Waals surface area contributed by atoms with Gasteiger partial charge in [0.2, 0.25) is 0 Å². The average molecular weight is 1710 g/mol. The minimum atomic E-state index is -0.269. The maximum absolute atomic E-state index is 4.68. The summed E-state index contributed by atoms with van der Waals surface area (Å²) >= 11 is 6.51. The molecule has 0 aliphatic heterocycles. The molecule has 21 aromatic rings. The first kappa shape index (κ1) is 81.9. The zero-order valence-corrected chi connectivity index (χ0v) is 74.5. The number of hydrogen-bond acceptors (Lipinski definition) is 4. The van der Waals surface area contributed by atoms with Gasteiger partial charge in [-0.25, -0.2) is 0 Å². The molecule has 0 saturated heterocycles. The Morgan fingerprint density at radius 1 is 0.290 bits per heavy atom. The number of hydrogen-bond donors (Lipinski definition) is 1. The van der Waals surface area contributed by atoms with Crippen molar-refractivity contribution in [2.75, 3.05) is 9.80 Å². The predicted molar refractivity (Wildman–Crippen MR) is 565 cm³/mol. The van der Waals surface area contributed by atoms with E-state index in [1.54, 1.807) is 0 Å². The minimum absolute atomic E-state index is 0.269. The van der Waals surface area contributed by atoms with E-state index in [1.807, 2.05) is 41.7 Å². The monoisotopic (exact) mass is 1710 g/mol. The summed E-state index contributed by atoms with van der Waals surface area (Å²) in [6.45, 7) is 9.14. The van der Waals surface area contributed by atoms with Crippen molar-refractivity contribution >= 4 is 120 Å². The molecular weight excluding hydrogens is 1620 g/mol. The molecule has 0 N–H and O–H groups in total. The largest absolute Gasteiger partial charge is 0.311 e. The topological polar surface area (TPSA) is 16.3 Å². The number of allylic oxidation sites excluding steroid dienone is 2. The first-order chi connectivity index (χ1) is 64.6. The summed E-state index contributed by atoms with van der Waals surface area (Å²) in [4.78, 5) is 8.22. The lowest BCUT2D eigenvalue weighted by atomic mass is 9.82. The Labute approximate surface area is 776 Å². The van der Waals surface area contributed by atoms with E-state index in [2.05, 4.69) is 525 Å². The van der Waals surface area contributed by atoms with E-state index >= 15 is 0 Å². The number of thiophene rings is 1. The Bertz CT molecular complexity index is 7600. The third-order valence-electron chi connectivity index (χ3n) is 25.4. The highest BCUT2D eigenvalue weighted by Gasteiger charge is 2.37. The molecular formula is C125H92N4S2. The number of aromatic nitrogens is 2. The van der Waals surface area contributed by atoms with Crippen LogP contribution in [0.5, 0.6) is 0 Å². The predicted octanol–water partition coefficient (Wildman–Crippen LogP) is 35.2. The van der Waals surface area contributed by atoms with E-state index < -0.39 is 0 Å². The van der Waals surface area contributed by atoms with Crippen molar-refractivity contribution in [1.82, 2.24) is 9.13 Å². The van der Waals surface area contributed by atoms with Gasteiger partial charge < -0.3 is 18.9 Å². The number of benzene rings is 18. The van der Waals surface area contributed by atoms with Crippen molar-refractivity contribution < 1.29 is 0 Å². The van der Waals surface area contributed by atoms with Crippen molar-refractivity contribution in [3.05, 3.63) is 525 Å². The molecule has 3 heterocycles. The van der Waals surface area contributed by atoms with Crippen LogP contribution in [0, 0.1) is 0 Å². The molecule has 6 heteroatoms. The molecule has 0 radical (unpaired) electrons. The van der Waals surface area contributed by atoms with Crippen LogP contribution in [-0.2, 0) is 5.41 Å². The highest BCUT2D eigenvalue weighted by molar-refractivity contribution is 7.90. The van der Waals surface area contributed by atoms with Gasteiger partial charge in [0.15, 0.2) is 0 Å². The van der Waals surface area contributed by atoms with E-state index in [4.69, 9.17) is 0 Å². The third kappa shape index (κ3) is 16.6. The van der Waals surface area contributed by atoms with Gasteiger partial charge in [-0.15, -0.1) is 24.0 Å². The lowest BCUT2D eigenvalue weighted by Crippen LogP contribution is -2.17. The summed E-state index contributed by atoms with van der Waals surface area (Å²) in [6.07, 6.45) is 12.7. The Hall–Kier alpha value is -16.1. The zero-order valence-electron chi connectivity index (χ0n) is 72.8. The van der Waals surface area contributed by atoms with Gasteiger partial charge in [0.05, 0.1) is 22.2 Å². The second kappa shape index (κ2) is 36.3. The Balaban J connectivity index is 0.000000160. The molecule has 4 nitrogen and oxygen atoms in total. The number of thiol groups is 1. The van der Waals surface area contributed by atoms with Gasteiger partial charge in [0.1, 0.15) is 0 Å². The van der Waals surface area contributed by atoms with Gasteiger partial charge in [-0.2, -0.15) is 0 Å². The summed E-state index contributed by atoms with van der Waals surface area (Å²) in [7, 11) is 0. The molecule has 1 aliphatic carbocycles. The molecule has 0 saturated carbocycles. The van der Waals surface area contributed by atoms with E-state index in [9.17, 15) is 0 Å². The van der Waals surface area contributed by atoms with Crippen molar-refractivity contribution in [1.29, 1.82) is 0 Å². The summed E-state index contributed by atoms with van der Waals surface area (Å²) in [5.41, 5.74) is 37.4. The van der Waals surface area contributed by atoms with E-state index in [-0.39, 0.29) is 5.41 Å². The maximum atomic E-state index is 4.68. The molecule has 1 aliphatic rings. The van der Waals surface area contributed by atoms with Crippen molar-refractivity contribution in [2.45, 2.75) is 19.3 Å². The van der Waals surface area contributed by atoms with Crippen LogP contribution in [0.15, 0.2) is 486 Å². The highest BCUT2D eigenvalue weighted by Crippen LogP contribution is 2.53. The zero-order chi connectivity index (χ0) is 88.1. The summed E-state index contributed by atoms with van der Waals surface area (Å²) in [5, 5.41) is 3.65. The number of para-hydroxylation sites is 2. The molecule has 0 atom stereocenters. The Morgan fingerprint density at radius 2 is 0.641 bits per heavy atom. The van der Waals surface area contributed by atoms with Crippen LogP contribution in [-0.4, -0.2) is 9.13 Å². The fraction of sp³-hybridized carbons (Fsp3) is 0.0240. The quantitative estimate of drug-likeness (QED) is 0.0570. The first-order valence-electron chi connectivity index (χ1n) is 44.7. The molecule has 0 amide bonds. The second-order valence-electron chi connectivity index (χ2n) is 33.7. The molecule has 0 spiro atoms. The summed E-state index contributed by atoms with van der Waals surface area (Å²) < 4.78 is 4.77. The number of anilines is 6. The molecule has 624 valence electrons. The van der Waals surface area contributed by atoms with Crippen molar-refractivity contribution in [3.8, 4) is 99.0 Å². The number of nitrogens with zero attached hydrogens (tertiary/aromatic N) is 4. The number of fused-ring (bicyclic) bond motifs is 7. The molecule has 0 fully saturated rings. The van der Waals surface area contributed by atoms with Gasteiger partial charge in [-0.3, -0.25) is 0 Å². The van der Waals surface area contributed by atoms with Crippen molar-refractivity contribution in [3.63, 3.8) is 0 Å². The maximum Gasteiger partial charge on any atom is 0.0541 e. The second-order valence-corrected chi connectivity index (χ2v) is 35.3. The minimum Gasteiger partial charge on any atom is -0.311 e. The van der Waals surface area contributed by atoms with Crippen LogP contribution in [0.1, 0.15) is 52.9 Å². The average Bonchev–Trinajstić information content (AvgIpc) is 1.55. The van der Waals surface area contributed by atoms with Crippen LogP contribution < -0.4 is 9.80 Å². The number of rotatable bonds is 21. The Kier molecular flexibility index (Phi) is 22.7. The Morgan fingerprint density at radius 3 is 1.14 bits per heavy atom. The molecule has 0 unspecified atom stereocenters. The fourth-order valence-electron chi connectivity index (χ4n) is 18.7. The lowest BCUT2D eigenvalue weighted by molar-refractivity contribution is 0.660.